The van der Waals surface area contributed by atoms with Crippen molar-refractivity contribution in [2.24, 2.45) is 0 Å². The second-order valence-electron chi connectivity index (χ2n) is 3.65. The Balaban J connectivity index is 2.36. The number of fused-ring (bicyclic) bond motifs is 1. The van der Waals surface area contributed by atoms with Crippen LogP contribution in [-0.2, 0) is 10.0 Å². The second-order valence-corrected chi connectivity index (χ2v) is 6.12. The number of hydrogen-bond donors (Lipinski definition) is 1. The molecule has 2 aromatic heterocycles. The molecule has 0 radical (unpaired) electrons. The first kappa shape index (κ1) is 12.2. The molecule has 0 spiro atoms. The van der Waals surface area contributed by atoms with Crippen LogP contribution < -0.4 is 0 Å². The fraction of sp³-hybridized carbons (Fsp3) is 0.100. The van der Waals surface area contributed by atoms with Gasteiger partial charge in [-0.25, -0.2) is 19.0 Å². The summed E-state index contributed by atoms with van der Waals surface area (Å²) in [6, 6.07) is 7.04. The van der Waals surface area contributed by atoms with E-state index in [1.54, 1.807) is 24.5 Å². The standard InChI is InChI=1S/C10H9N5O2S2/c1-18-10-13-7-4-2-3-5-8(7)15(10)19(16,17)9-11-6-12-14-9/h2-6H,1H3,(H,11,12,14). The highest BCUT2D eigenvalue weighted by Gasteiger charge is 2.26. The number of hydrogen-bond acceptors (Lipinski definition) is 6. The maximum absolute atomic E-state index is 12.5. The van der Waals surface area contributed by atoms with E-state index in [0.717, 1.165) is 6.33 Å². The summed E-state index contributed by atoms with van der Waals surface area (Å²) in [5.41, 5.74) is 1.14. The van der Waals surface area contributed by atoms with Crippen LogP contribution in [0.2, 0.25) is 0 Å². The molecule has 0 saturated heterocycles. The van der Waals surface area contributed by atoms with Gasteiger partial charge in [-0.15, -0.1) is 0 Å². The molecule has 0 aliphatic heterocycles. The quantitative estimate of drug-likeness (QED) is 0.728. The fourth-order valence-electron chi connectivity index (χ4n) is 1.75. The molecule has 9 heteroatoms. The van der Waals surface area contributed by atoms with Crippen LogP contribution in [-0.4, -0.2) is 38.8 Å². The monoisotopic (exact) mass is 295 g/mol. The van der Waals surface area contributed by atoms with Gasteiger partial charge < -0.3 is 0 Å². The molecular weight excluding hydrogens is 286 g/mol. The van der Waals surface area contributed by atoms with E-state index in [-0.39, 0.29) is 5.16 Å². The lowest BCUT2D eigenvalue weighted by atomic mass is 10.3. The van der Waals surface area contributed by atoms with E-state index in [4.69, 9.17) is 0 Å². The zero-order valence-corrected chi connectivity index (χ0v) is 11.4. The summed E-state index contributed by atoms with van der Waals surface area (Å²) in [7, 11) is -3.82. The molecule has 7 nitrogen and oxygen atoms in total. The maximum Gasteiger partial charge on any atom is 0.305 e. The number of thioether (sulfide) groups is 1. The molecule has 3 aromatic rings. The molecule has 0 aliphatic rings. The largest absolute Gasteiger partial charge is 0.305 e. The zero-order valence-electron chi connectivity index (χ0n) is 9.81. The second kappa shape index (κ2) is 4.35. The number of benzene rings is 1. The topological polar surface area (TPSA) is 93.5 Å². The Morgan fingerprint density at radius 3 is 2.79 bits per heavy atom. The van der Waals surface area contributed by atoms with Crippen LogP contribution in [0.15, 0.2) is 40.9 Å². The average Bonchev–Trinajstić information content (AvgIpc) is 3.05. The molecule has 0 aliphatic carbocycles. The first-order valence-electron chi connectivity index (χ1n) is 5.27. The fourth-order valence-corrected chi connectivity index (χ4v) is 3.90. The third-order valence-corrected chi connectivity index (χ3v) is 4.84. The first-order valence-corrected chi connectivity index (χ1v) is 7.93. The number of imidazole rings is 1. The van der Waals surface area contributed by atoms with Gasteiger partial charge in [-0.1, -0.05) is 23.9 Å². The predicted molar refractivity (Wildman–Crippen MR) is 70.5 cm³/mol. The van der Waals surface area contributed by atoms with Crippen molar-refractivity contribution in [2.75, 3.05) is 6.26 Å². The highest BCUT2D eigenvalue weighted by molar-refractivity contribution is 7.99. The van der Waals surface area contributed by atoms with Gasteiger partial charge in [-0.05, 0) is 18.4 Å². The Morgan fingerprint density at radius 1 is 1.32 bits per heavy atom. The van der Waals surface area contributed by atoms with E-state index in [2.05, 4.69) is 20.2 Å². The van der Waals surface area contributed by atoms with Gasteiger partial charge in [0.05, 0.1) is 11.0 Å². The van der Waals surface area contributed by atoms with Gasteiger partial charge in [0.2, 0.25) is 0 Å². The molecule has 3 rings (SSSR count). The number of nitrogens with one attached hydrogen (secondary N) is 1. The van der Waals surface area contributed by atoms with Crippen LogP contribution in [0.3, 0.4) is 0 Å². The molecule has 0 bridgehead atoms. The number of para-hydroxylation sites is 2. The van der Waals surface area contributed by atoms with Crippen LogP contribution in [0, 0.1) is 0 Å². The molecule has 98 valence electrons. The zero-order chi connectivity index (χ0) is 13.5. The van der Waals surface area contributed by atoms with Crippen molar-refractivity contribution in [1.29, 1.82) is 0 Å². The summed E-state index contributed by atoms with van der Waals surface area (Å²) in [4.78, 5) is 8.01. The number of rotatable bonds is 3. The van der Waals surface area contributed by atoms with Crippen LogP contribution >= 0.6 is 11.8 Å². The van der Waals surface area contributed by atoms with Gasteiger partial charge in [0.1, 0.15) is 6.33 Å². The van der Waals surface area contributed by atoms with E-state index in [0.29, 0.717) is 16.2 Å². The van der Waals surface area contributed by atoms with Crippen molar-refractivity contribution in [3.63, 3.8) is 0 Å². The van der Waals surface area contributed by atoms with Crippen LogP contribution in [0.25, 0.3) is 11.0 Å². The van der Waals surface area contributed by atoms with Crippen molar-refractivity contribution in [3.8, 4) is 0 Å². The minimum Gasteiger partial charge on any atom is -0.248 e. The molecule has 19 heavy (non-hydrogen) atoms. The Hall–Kier alpha value is -1.87. The van der Waals surface area contributed by atoms with Crippen molar-refractivity contribution < 1.29 is 8.42 Å². The van der Waals surface area contributed by atoms with Gasteiger partial charge in [0.15, 0.2) is 5.16 Å². The number of aromatic nitrogens is 5. The molecule has 1 aromatic carbocycles. The summed E-state index contributed by atoms with van der Waals surface area (Å²) in [5, 5.41) is 6.14. The molecule has 0 amide bonds. The number of nitrogens with zero attached hydrogens (tertiary/aromatic N) is 4. The van der Waals surface area contributed by atoms with Gasteiger partial charge in [0, 0.05) is 0 Å². The minimum atomic E-state index is -3.82. The van der Waals surface area contributed by atoms with E-state index in [1.807, 2.05) is 6.07 Å². The summed E-state index contributed by atoms with van der Waals surface area (Å²) in [6.07, 6.45) is 2.93. The first-order chi connectivity index (χ1) is 9.14. The SMILES string of the molecule is CSc1nc2ccccc2n1S(=O)(=O)c1ncn[nH]1. The van der Waals surface area contributed by atoms with E-state index in [9.17, 15) is 8.42 Å². The Labute approximate surface area is 113 Å². The van der Waals surface area contributed by atoms with Crippen LogP contribution in [0.4, 0.5) is 0 Å². The smallest absolute Gasteiger partial charge is 0.248 e. The molecule has 1 N–H and O–H groups in total. The minimum absolute atomic E-state index is 0.203. The van der Waals surface area contributed by atoms with Gasteiger partial charge >= 0.3 is 10.0 Å². The van der Waals surface area contributed by atoms with Crippen molar-refractivity contribution in [3.05, 3.63) is 30.6 Å². The molecule has 0 fully saturated rings. The molecule has 0 atom stereocenters. The lowest BCUT2D eigenvalue weighted by Gasteiger charge is -2.05. The number of aromatic amines is 1. The summed E-state index contributed by atoms with van der Waals surface area (Å²) < 4.78 is 26.2. The Kier molecular flexibility index (Phi) is 2.79. The molecular formula is C10H9N5O2S2. The Bertz CT molecular complexity index is 823. The lowest BCUT2D eigenvalue weighted by molar-refractivity contribution is 0.575. The Morgan fingerprint density at radius 2 is 2.11 bits per heavy atom. The predicted octanol–water partition coefficient (Wildman–Crippen LogP) is 1.11. The average molecular weight is 295 g/mol. The van der Waals surface area contributed by atoms with Gasteiger partial charge in [-0.2, -0.15) is 13.5 Å². The highest BCUT2D eigenvalue weighted by Crippen LogP contribution is 2.26. The van der Waals surface area contributed by atoms with Crippen molar-refractivity contribution in [2.45, 2.75) is 10.3 Å². The highest BCUT2D eigenvalue weighted by atomic mass is 32.2. The lowest BCUT2D eigenvalue weighted by Crippen LogP contribution is -2.15. The summed E-state index contributed by atoms with van der Waals surface area (Å²) >= 11 is 1.26. The third kappa shape index (κ3) is 1.81. The molecule has 2 heterocycles. The molecule has 0 saturated carbocycles. The summed E-state index contributed by atoms with van der Waals surface area (Å²) in [6.45, 7) is 0. The third-order valence-electron chi connectivity index (χ3n) is 2.55. The van der Waals surface area contributed by atoms with E-state index in [1.165, 1.54) is 15.7 Å². The van der Waals surface area contributed by atoms with Crippen molar-refractivity contribution in [1.82, 2.24) is 24.1 Å². The van der Waals surface area contributed by atoms with Crippen LogP contribution in [0.5, 0.6) is 0 Å². The molecule has 0 unspecified atom stereocenters. The van der Waals surface area contributed by atoms with E-state index < -0.39 is 10.0 Å². The van der Waals surface area contributed by atoms with Crippen LogP contribution in [0.1, 0.15) is 0 Å². The van der Waals surface area contributed by atoms with Gasteiger partial charge in [0.25, 0.3) is 5.16 Å². The maximum atomic E-state index is 12.5. The van der Waals surface area contributed by atoms with Crippen molar-refractivity contribution >= 4 is 32.8 Å². The van der Waals surface area contributed by atoms with E-state index >= 15 is 0 Å². The summed E-state index contributed by atoms with van der Waals surface area (Å²) in [5.74, 6) is 0. The van der Waals surface area contributed by atoms with Gasteiger partial charge in [-0.3, -0.25) is 0 Å². The number of H-pyrrole nitrogens is 1. The normalized spacial score (nSPS) is 12.1.